The topological polar surface area (TPSA) is 0 Å². The third kappa shape index (κ3) is 2.24. The van der Waals surface area contributed by atoms with Gasteiger partial charge in [-0.1, -0.05) is 53.4 Å². The van der Waals surface area contributed by atoms with E-state index in [9.17, 15) is 0 Å². The van der Waals surface area contributed by atoms with Crippen LogP contribution in [0.1, 0.15) is 66.2 Å². The van der Waals surface area contributed by atoms with E-state index in [1.54, 1.807) is 0 Å². The van der Waals surface area contributed by atoms with Gasteiger partial charge in [0.05, 0.1) is 0 Å². The first-order chi connectivity index (χ1) is 7.00. The molecule has 0 amide bonds. The molecule has 4 atom stereocenters. The van der Waals surface area contributed by atoms with E-state index in [1.807, 2.05) is 0 Å². The van der Waals surface area contributed by atoms with Crippen LogP contribution in [0, 0.1) is 29.1 Å². The van der Waals surface area contributed by atoms with Crippen LogP contribution in [0.2, 0.25) is 0 Å². The molecule has 0 radical (unpaired) electrons. The second kappa shape index (κ2) is 4.11. The number of hydrogen-bond donors (Lipinski definition) is 0. The lowest BCUT2D eigenvalue weighted by atomic mass is 9.51. The van der Waals surface area contributed by atoms with Crippen LogP contribution in [0.4, 0.5) is 0 Å². The highest BCUT2D eigenvalue weighted by molar-refractivity contribution is 4.97. The van der Waals surface area contributed by atoms with E-state index < -0.39 is 0 Å². The summed E-state index contributed by atoms with van der Waals surface area (Å²) in [6.07, 6.45) is 8.92. The van der Waals surface area contributed by atoms with Gasteiger partial charge in [-0.05, 0) is 41.9 Å². The van der Waals surface area contributed by atoms with Gasteiger partial charge in [0, 0.05) is 0 Å². The van der Waals surface area contributed by atoms with Crippen molar-refractivity contribution in [3.8, 4) is 0 Å². The van der Waals surface area contributed by atoms with Crippen LogP contribution >= 0.6 is 0 Å². The number of hydrogen-bond acceptors (Lipinski definition) is 0. The molecule has 88 valence electrons. The Morgan fingerprint density at radius 1 is 0.933 bits per heavy atom. The molecule has 2 aliphatic carbocycles. The van der Waals surface area contributed by atoms with Crippen molar-refractivity contribution in [2.24, 2.45) is 29.1 Å². The molecule has 0 aromatic carbocycles. The highest BCUT2D eigenvalue weighted by Crippen LogP contribution is 2.57. The summed E-state index contributed by atoms with van der Waals surface area (Å²) >= 11 is 0. The molecule has 0 bridgehead atoms. The zero-order valence-electron chi connectivity index (χ0n) is 11.1. The highest BCUT2D eigenvalue weighted by Gasteiger charge is 2.48. The fourth-order valence-electron chi connectivity index (χ4n) is 4.13. The molecule has 15 heavy (non-hydrogen) atoms. The second-order valence-electron chi connectivity index (χ2n) is 7.05. The zero-order chi connectivity index (χ0) is 11.1. The van der Waals surface area contributed by atoms with Crippen molar-refractivity contribution in [1.82, 2.24) is 0 Å². The summed E-state index contributed by atoms with van der Waals surface area (Å²) in [5, 5.41) is 0. The van der Waals surface area contributed by atoms with Crippen molar-refractivity contribution in [2.45, 2.75) is 66.2 Å². The standard InChI is InChI=1S/C15H28/c1-11-6-5-7-12(2)13-10-15(3,4)14(13)9-8-11/h11-14H,5-10H2,1-4H3/t11-,12-,13+,14+/m0/s1. The van der Waals surface area contributed by atoms with Gasteiger partial charge >= 0.3 is 0 Å². The molecule has 0 heteroatoms. The lowest BCUT2D eigenvalue weighted by molar-refractivity contribution is -0.0497. The van der Waals surface area contributed by atoms with E-state index in [4.69, 9.17) is 0 Å². The molecule has 0 aromatic rings. The molecule has 0 aromatic heterocycles. The largest absolute Gasteiger partial charge is 0.0625 e. The molecule has 2 fully saturated rings. The molecule has 0 spiro atoms. The van der Waals surface area contributed by atoms with Crippen molar-refractivity contribution in [3.05, 3.63) is 0 Å². The molecular formula is C15H28. The van der Waals surface area contributed by atoms with Gasteiger partial charge in [0.15, 0.2) is 0 Å². The van der Waals surface area contributed by atoms with Crippen molar-refractivity contribution in [3.63, 3.8) is 0 Å². The molecule has 2 rings (SSSR count). The molecular weight excluding hydrogens is 180 g/mol. The Balaban J connectivity index is 2.03. The average molecular weight is 208 g/mol. The summed E-state index contributed by atoms with van der Waals surface area (Å²) in [4.78, 5) is 0. The summed E-state index contributed by atoms with van der Waals surface area (Å²) in [5.74, 6) is 4.07. The van der Waals surface area contributed by atoms with Crippen LogP contribution in [0.3, 0.4) is 0 Å². The first-order valence-corrected chi connectivity index (χ1v) is 7.00. The predicted octanol–water partition coefficient (Wildman–Crippen LogP) is 4.89. The maximum atomic E-state index is 2.50. The van der Waals surface area contributed by atoms with Crippen LogP contribution in [0.15, 0.2) is 0 Å². The Morgan fingerprint density at radius 2 is 1.67 bits per heavy atom. The minimum absolute atomic E-state index is 0.656. The quantitative estimate of drug-likeness (QED) is 0.532. The van der Waals surface area contributed by atoms with E-state index in [-0.39, 0.29) is 0 Å². The number of fused-ring (bicyclic) bond motifs is 1. The first kappa shape index (κ1) is 11.5. The van der Waals surface area contributed by atoms with E-state index in [1.165, 1.54) is 38.5 Å². The molecule has 0 aliphatic heterocycles. The van der Waals surface area contributed by atoms with Gasteiger partial charge in [0.25, 0.3) is 0 Å². The summed E-state index contributed by atoms with van der Waals surface area (Å²) in [7, 11) is 0. The smallest absolute Gasteiger partial charge is 0.0320 e. The Hall–Kier alpha value is 0. The van der Waals surface area contributed by atoms with Crippen molar-refractivity contribution in [2.75, 3.05) is 0 Å². The van der Waals surface area contributed by atoms with Crippen LogP contribution in [-0.4, -0.2) is 0 Å². The summed E-state index contributed by atoms with van der Waals surface area (Å²) in [6, 6.07) is 0. The van der Waals surface area contributed by atoms with Crippen molar-refractivity contribution in [1.29, 1.82) is 0 Å². The fraction of sp³-hybridized carbons (Fsp3) is 1.00. The summed E-state index contributed by atoms with van der Waals surface area (Å²) < 4.78 is 0. The summed E-state index contributed by atoms with van der Waals surface area (Å²) in [6.45, 7) is 9.94. The first-order valence-electron chi connectivity index (χ1n) is 7.00. The minimum atomic E-state index is 0.656. The second-order valence-corrected chi connectivity index (χ2v) is 7.05. The normalized spacial score (nSPS) is 45.6. The van der Waals surface area contributed by atoms with E-state index >= 15 is 0 Å². The van der Waals surface area contributed by atoms with Gasteiger partial charge in [-0.3, -0.25) is 0 Å². The average Bonchev–Trinajstić information content (AvgIpc) is 2.18. The van der Waals surface area contributed by atoms with Gasteiger partial charge in [-0.25, -0.2) is 0 Å². The van der Waals surface area contributed by atoms with Crippen LogP contribution < -0.4 is 0 Å². The van der Waals surface area contributed by atoms with Gasteiger partial charge < -0.3 is 0 Å². The fourth-order valence-corrected chi connectivity index (χ4v) is 4.13. The van der Waals surface area contributed by atoms with E-state index in [2.05, 4.69) is 27.7 Å². The molecule has 0 heterocycles. The van der Waals surface area contributed by atoms with Crippen LogP contribution in [0.5, 0.6) is 0 Å². The maximum Gasteiger partial charge on any atom is -0.0320 e. The minimum Gasteiger partial charge on any atom is -0.0625 e. The molecule has 2 saturated carbocycles. The van der Waals surface area contributed by atoms with Crippen LogP contribution in [0.25, 0.3) is 0 Å². The molecule has 0 unspecified atom stereocenters. The summed E-state index contributed by atoms with van der Waals surface area (Å²) in [5.41, 5.74) is 0.656. The zero-order valence-corrected chi connectivity index (χ0v) is 11.1. The molecule has 0 N–H and O–H groups in total. The van der Waals surface area contributed by atoms with Crippen molar-refractivity contribution < 1.29 is 0 Å². The highest BCUT2D eigenvalue weighted by atomic mass is 14.5. The Kier molecular flexibility index (Phi) is 3.14. The van der Waals surface area contributed by atoms with E-state index in [0.29, 0.717) is 5.41 Å². The Morgan fingerprint density at radius 3 is 2.33 bits per heavy atom. The third-order valence-electron chi connectivity index (χ3n) is 5.34. The Bertz CT molecular complexity index is 216. The maximum absolute atomic E-state index is 2.50. The lowest BCUT2D eigenvalue weighted by Gasteiger charge is -2.54. The lowest BCUT2D eigenvalue weighted by Crippen LogP contribution is -2.46. The molecule has 0 nitrogen and oxygen atoms in total. The van der Waals surface area contributed by atoms with Gasteiger partial charge in [0.1, 0.15) is 0 Å². The SMILES string of the molecule is C[C@H]1CCC[C@H](C)[C@H]2CC(C)(C)[C@@H]2CC1. The van der Waals surface area contributed by atoms with Gasteiger partial charge in [-0.15, -0.1) is 0 Å². The van der Waals surface area contributed by atoms with E-state index in [0.717, 1.165) is 23.7 Å². The molecule has 0 saturated heterocycles. The van der Waals surface area contributed by atoms with Crippen molar-refractivity contribution >= 4 is 0 Å². The number of rotatable bonds is 0. The van der Waals surface area contributed by atoms with Gasteiger partial charge in [-0.2, -0.15) is 0 Å². The van der Waals surface area contributed by atoms with Crippen LogP contribution in [-0.2, 0) is 0 Å². The Labute approximate surface area is 95.8 Å². The molecule has 2 aliphatic rings. The van der Waals surface area contributed by atoms with Gasteiger partial charge in [0.2, 0.25) is 0 Å². The predicted molar refractivity (Wildman–Crippen MR) is 66.8 cm³/mol. The third-order valence-corrected chi connectivity index (χ3v) is 5.34. The monoisotopic (exact) mass is 208 g/mol.